The van der Waals surface area contributed by atoms with E-state index in [0.29, 0.717) is 11.4 Å². The Kier molecular flexibility index (Phi) is 5.60. The first kappa shape index (κ1) is 19.8. The number of rotatable bonds is 5. The van der Waals surface area contributed by atoms with Crippen molar-refractivity contribution in [2.45, 2.75) is 19.8 Å². The number of halogens is 4. The van der Waals surface area contributed by atoms with Crippen LogP contribution in [-0.2, 0) is 6.54 Å². The molecule has 0 fully saturated rings. The molecule has 0 radical (unpaired) electrons. The molecule has 2 aromatic carbocycles. The van der Waals surface area contributed by atoms with Crippen molar-refractivity contribution in [1.29, 1.82) is 0 Å². The van der Waals surface area contributed by atoms with E-state index in [0.717, 1.165) is 0 Å². The fourth-order valence-corrected chi connectivity index (χ4v) is 2.99. The highest BCUT2D eigenvalue weighted by molar-refractivity contribution is 6.33. The number of ether oxygens (including phenoxy) is 1. The lowest BCUT2D eigenvalue weighted by atomic mass is 10.2. The van der Waals surface area contributed by atoms with Gasteiger partial charge in [0.05, 0.1) is 16.9 Å². The molecule has 0 aliphatic rings. The highest BCUT2D eigenvalue weighted by Crippen LogP contribution is 2.27. The topological polar surface area (TPSA) is 56.2 Å². The Bertz CT molecular complexity index is 988. The van der Waals surface area contributed by atoms with Crippen molar-refractivity contribution in [3.05, 3.63) is 76.6 Å². The van der Waals surface area contributed by atoms with Gasteiger partial charge in [-0.2, -0.15) is 5.10 Å². The summed E-state index contributed by atoms with van der Waals surface area (Å²) in [7, 11) is 0. The average molecular weight is 410 g/mol. The van der Waals surface area contributed by atoms with Crippen molar-refractivity contribution >= 4 is 17.5 Å². The smallest absolute Gasteiger partial charge is 0.405 e. The van der Waals surface area contributed by atoms with Crippen LogP contribution in [0.15, 0.2) is 54.6 Å². The maximum Gasteiger partial charge on any atom is 0.573 e. The largest absolute Gasteiger partial charge is 0.573 e. The zero-order valence-electron chi connectivity index (χ0n) is 14.6. The summed E-state index contributed by atoms with van der Waals surface area (Å²) in [6, 6.07) is 14.6. The van der Waals surface area contributed by atoms with E-state index in [9.17, 15) is 18.0 Å². The zero-order chi connectivity index (χ0) is 20.3. The second-order valence-corrected chi connectivity index (χ2v) is 6.19. The number of hydrogen-bond acceptors (Lipinski definition) is 3. The van der Waals surface area contributed by atoms with Gasteiger partial charge in [-0.25, -0.2) is 4.68 Å². The Morgan fingerprint density at radius 2 is 1.79 bits per heavy atom. The molecular weight excluding hydrogens is 395 g/mol. The number of aromatic nitrogens is 2. The van der Waals surface area contributed by atoms with Gasteiger partial charge in [0.15, 0.2) is 0 Å². The molecule has 0 saturated heterocycles. The van der Waals surface area contributed by atoms with Crippen molar-refractivity contribution in [1.82, 2.24) is 15.1 Å². The van der Waals surface area contributed by atoms with Crippen LogP contribution >= 0.6 is 11.6 Å². The van der Waals surface area contributed by atoms with Crippen molar-refractivity contribution in [2.75, 3.05) is 0 Å². The van der Waals surface area contributed by atoms with E-state index in [4.69, 9.17) is 11.6 Å². The van der Waals surface area contributed by atoms with E-state index in [1.807, 2.05) is 6.07 Å². The van der Waals surface area contributed by atoms with E-state index in [1.165, 1.54) is 22.9 Å². The molecule has 5 nitrogen and oxygen atoms in total. The molecule has 0 bridgehead atoms. The van der Waals surface area contributed by atoms with Gasteiger partial charge in [0, 0.05) is 12.1 Å². The van der Waals surface area contributed by atoms with Crippen LogP contribution in [0.2, 0.25) is 5.15 Å². The molecule has 0 aliphatic carbocycles. The fraction of sp³-hybridized carbons (Fsp3) is 0.158. The van der Waals surface area contributed by atoms with E-state index < -0.39 is 12.3 Å². The van der Waals surface area contributed by atoms with Crippen molar-refractivity contribution in [3.63, 3.8) is 0 Å². The number of hydrogen-bond donors (Lipinski definition) is 1. The van der Waals surface area contributed by atoms with Crippen LogP contribution < -0.4 is 10.1 Å². The predicted molar refractivity (Wildman–Crippen MR) is 97.6 cm³/mol. The van der Waals surface area contributed by atoms with Gasteiger partial charge in [-0.3, -0.25) is 4.79 Å². The molecule has 0 atom stereocenters. The van der Waals surface area contributed by atoms with Crippen LogP contribution in [0.4, 0.5) is 13.2 Å². The number of para-hydroxylation sites is 2. The number of carbonyl (C=O) groups is 1. The first-order valence-corrected chi connectivity index (χ1v) is 8.56. The fourth-order valence-electron chi connectivity index (χ4n) is 2.64. The molecule has 0 aliphatic heterocycles. The summed E-state index contributed by atoms with van der Waals surface area (Å²) in [4.78, 5) is 12.6. The summed E-state index contributed by atoms with van der Waals surface area (Å²) in [5, 5.41) is 6.95. The van der Waals surface area contributed by atoms with E-state index in [1.54, 1.807) is 37.3 Å². The highest BCUT2D eigenvalue weighted by atomic mass is 35.5. The second-order valence-electron chi connectivity index (χ2n) is 5.84. The molecule has 0 saturated carbocycles. The SMILES string of the molecule is Cc1nn(-c2ccccc2)c(Cl)c1C(=O)NCc1ccccc1OC(F)(F)F. The summed E-state index contributed by atoms with van der Waals surface area (Å²) in [6.07, 6.45) is -4.82. The summed E-state index contributed by atoms with van der Waals surface area (Å²) in [5.41, 5.74) is 1.40. The zero-order valence-corrected chi connectivity index (χ0v) is 15.4. The molecule has 28 heavy (non-hydrogen) atoms. The standard InChI is InChI=1S/C19H15ClF3N3O2/c1-12-16(17(20)26(25-12)14-8-3-2-4-9-14)18(27)24-11-13-7-5-6-10-15(13)28-19(21,22)23/h2-10H,11H2,1H3,(H,24,27). The van der Waals surface area contributed by atoms with Gasteiger partial charge in [0.25, 0.3) is 5.91 Å². The van der Waals surface area contributed by atoms with Gasteiger partial charge >= 0.3 is 6.36 Å². The maximum atomic E-state index is 12.6. The molecule has 1 aromatic heterocycles. The van der Waals surface area contributed by atoms with Gasteiger partial charge in [0.2, 0.25) is 0 Å². The summed E-state index contributed by atoms with van der Waals surface area (Å²) >= 11 is 6.33. The molecule has 1 N–H and O–H groups in total. The Morgan fingerprint density at radius 3 is 2.46 bits per heavy atom. The number of alkyl halides is 3. The van der Waals surface area contributed by atoms with Crippen LogP contribution in [0.3, 0.4) is 0 Å². The maximum absolute atomic E-state index is 12.6. The molecule has 0 unspecified atom stereocenters. The molecule has 3 aromatic rings. The van der Waals surface area contributed by atoms with Crippen LogP contribution in [0.25, 0.3) is 5.69 Å². The molecule has 9 heteroatoms. The number of benzene rings is 2. The second kappa shape index (κ2) is 7.93. The summed E-state index contributed by atoms with van der Waals surface area (Å²) in [6.45, 7) is 1.46. The van der Waals surface area contributed by atoms with Gasteiger partial charge in [-0.1, -0.05) is 48.0 Å². The number of nitrogens with one attached hydrogen (secondary N) is 1. The molecular formula is C19H15ClF3N3O2. The Balaban J connectivity index is 1.79. The molecule has 0 spiro atoms. The Morgan fingerprint density at radius 1 is 1.14 bits per heavy atom. The molecule has 1 amide bonds. The van der Waals surface area contributed by atoms with Gasteiger partial charge < -0.3 is 10.1 Å². The average Bonchev–Trinajstić information content (AvgIpc) is 2.94. The quantitative estimate of drug-likeness (QED) is 0.666. The number of carbonyl (C=O) groups excluding carboxylic acids is 1. The predicted octanol–water partition coefficient (Wildman–Crippen LogP) is 4.66. The normalized spacial score (nSPS) is 11.3. The molecule has 1 heterocycles. The number of aryl methyl sites for hydroxylation is 1. The lowest BCUT2D eigenvalue weighted by Gasteiger charge is -2.13. The van der Waals surface area contributed by atoms with Crippen molar-refractivity contribution in [3.8, 4) is 11.4 Å². The van der Waals surface area contributed by atoms with Crippen molar-refractivity contribution < 1.29 is 22.7 Å². The lowest BCUT2D eigenvalue weighted by molar-refractivity contribution is -0.274. The van der Waals surface area contributed by atoms with E-state index >= 15 is 0 Å². The van der Waals surface area contributed by atoms with Crippen LogP contribution in [-0.4, -0.2) is 22.1 Å². The van der Waals surface area contributed by atoms with Crippen LogP contribution in [0.1, 0.15) is 21.6 Å². The van der Waals surface area contributed by atoms with Gasteiger partial charge in [0.1, 0.15) is 10.9 Å². The Hall–Kier alpha value is -3.00. The monoisotopic (exact) mass is 409 g/mol. The third-order valence-electron chi connectivity index (χ3n) is 3.87. The summed E-state index contributed by atoms with van der Waals surface area (Å²) in [5.74, 6) is -0.926. The first-order chi connectivity index (χ1) is 13.3. The third-order valence-corrected chi connectivity index (χ3v) is 4.22. The Labute approximate surface area is 163 Å². The minimum absolute atomic E-state index is 0.112. The molecule has 3 rings (SSSR count). The van der Waals surface area contributed by atoms with Crippen molar-refractivity contribution in [2.24, 2.45) is 0 Å². The van der Waals surface area contributed by atoms with Gasteiger partial charge in [-0.05, 0) is 25.1 Å². The minimum Gasteiger partial charge on any atom is -0.405 e. The van der Waals surface area contributed by atoms with E-state index in [2.05, 4.69) is 15.2 Å². The highest BCUT2D eigenvalue weighted by Gasteiger charge is 2.32. The van der Waals surface area contributed by atoms with Crippen LogP contribution in [0.5, 0.6) is 5.75 Å². The minimum atomic E-state index is -4.82. The van der Waals surface area contributed by atoms with E-state index in [-0.39, 0.29) is 28.6 Å². The summed E-state index contributed by atoms with van der Waals surface area (Å²) < 4.78 is 43.0. The first-order valence-electron chi connectivity index (χ1n) is 8.18. The third kappa shape index (κ3) is 4.45. The lowest BCUT2D eigenvalue weighted by Crippen LogP contribution is -2.25. The van der Waals surface area contributed by atoms with Crippen LogP contribution in [0, 0.1) is 6.92 Å². The number of nitrogens with zero attached hydrogens (tertiary/aromatic N) is 2. The van der Waals surface area contributed by atoms with Gasteiger partial charge in [-0.15, -0.1) is 13.2 Å². The molecule has 146 valence electrons. The number of amides is 1.